The molecule has 0 radical (unpaired) electrons. The molecule has 0 amide bonds. The number of rotatable bonds is 1. The first kappa shape index (κ1) is 12.7. The molecule has 3 heterocycles. The van der Waals surface area contributed by atoms with Crippen molar-refractivity contribution in [2.75, 3.05) is 0 Å². The number of aryl methyl sites for hydroxylation is 1. The van der Waals surface area contributed by atoms with Gasteiger partial charge in [-0.25, -0.2) is 9.78 Å². The van der Waals surface area contributed by atoms with E-state index in [1.54, 1.807) is 19.3 Å². The zero-order valence-electron chi connectivity index (χ0n) is 11.7. The van der Waals surface area contributed by atoms with Crippen molar-refractivity contribution in [2.45, 2.75) is 0 Å². The lowest BCUT2D eigenvalue weighted by Gasteiger charge is -2.04. The number of fused-ring (bicyclic) bond motifs is 3. The van der Waals surface area contributed by atoms with Gasteiger partial charge < -0.3 is 4.98 Å². The van der Waals surface area contributed by atoms with Gasteiger partial charge in [-0.15, -0.1) is 0 Å². The van der Waals surface area contributed by atoms with Crippen molar-refractivity contribution < 1.29 is 4.39 Å². The molecule has 0 unspecified atom stereocenters. The lowest BCUT2D eigenvalue weighted by molar-refractivity contribution is 0.584. The van der Waals surface area contributed by atoms with E-state index in [2.05, 4.69) is 15.0 Å². The molecule has 4 aromatic rings. The van der Waals surface area contributed by atoms with Crippen LogP contribution in [0.5, 0.6) is 0 Å². The Balaban J connectivity index is 2.03. The average molecular weight is 294 g/mol. The van der Waals surface area contributed by atoms with Gasteiger partial charge in [-0.05, 0) is 29.8 Å². The average Bonchev–Trinajstić information content (AvgIpc) is 2.83. The summed E-state index contributed by atoms with van der Waals surface area (Å²) in [7, 11) is 1.70. The van der Waals surface area contributed by atoms with Crippen molar-refractivity contribution in [3.63, 3.8) is 0 Å². The second-order valence-corrected chi connectivity index (χ2v) is 5.11. The number of H-pyrrole nitrogens is 1. The van der Waals surface area contributed by atoms with E-state index >= 15 is 0 Å². The summed E-state index contributed by atoms with van der Waals surface area (Å²) in [4.78, 5) is 22.7. The molecule has 4 rings (SSSR count). The number of nitrogens with one attached hydrogen (secondary N) is 1. The standard InChI is InChI=1S/C16H11FN4O/c1-21-13-8-18-12-4-2-9(10-3-5-14(17)19-7-10)6-11(12)15(13)20-16(21)22/h2-8H,1H3,(H,20,22). The molecule has 0 saturated heterocycles. The Bertz CT molecular complexity index is 1060. The molecule has 3 aromatic heterocycles. The van der Waals surface area contributed by atoms with Crippen LogP contribution < -0.4 is 5.69 Å². The number of aromatic nitrogens is 4. The van der Waals surface area contributed by atoms with E-state index in [0.29, 0.717) is 0 Å². The second-order valence-electron chi connectivity index (χ2n) is 5.11. The van der Waals surface area contributed by atoms with Crippen LogP contribution in [-0.2, 0) is 7.05 Å². The quantitative estimate of drug-likeness (QED) is 0.549. The molecule has 22 heavy (non-hydrogen) atoms. The number of hydrogen-bond acceptors (Lipinski definition) is 3. The molecule has 1 N–H and O–H groups in total. The number of hydrogen-bond donors (Lipinski definition) is 1. The summed E-state index contributed by atoms with van der Waals surface area (Å²) in [6, 6.07) is 8.69. The molecule has 6 heteroatoms. The third-order valence-electron chi connectivity index (χ3n) is 3.81. The van der Waals surface area contributed by atoms with Crippen LogP contribution in [0, 0.1) is 5.95 Å². The Morgan fingerprint density at radius 2 is 1.91 bits per heavy atom. The Kier molecular flexibility index (Phi) is 2.59. The number of benzene rings is 1. The number of nitrogens with zero attached hydrogens (tertiary/aromatic N) is 3. The van der Waals surface area contributed by atoms with Crippen molar-refractivity contribution in [1.82, 2.24) is 19.5 Å². The van der Waals surface area contributed by atoms with E-state index in [0.717, 1.165) is 33.1 Å². The molecule has 0 saturated carbocycles. The van der Waals surface area contributed by atoms with E-state index in [1.807, 2.05) is 18.2 Å². The molecule has 5 nitrogen and oxygen atoms in total. The predicted molar refractivity (Wildman–Crippen MR) is 82.0 cm³/mol. The molecule has 0 spiro atoms. The van der Waals surface area contributed by atoms with Crippen LogP contribution in [0.25, 0.3) is 33.1 Å². The molecule has 0 bridgehead atoms. The van der Waals surface area contributed by atoms with Crippen LogP contribution in [0.15, 0.2) is 47.5 Å². The summed E-state index contributed by atoms with van der Waals surface area (Å²) in [5, 5.41) is 0.844. The molecule has 0 fully saturated rings. The minimum atomic E-state index is -0.513. The van der Waals surface area contributed by atoms with Crippen LogP contribution in [-0.4, -0.2) is 19.5 Å². The van der Waals surface area contributed by atoms with Gasteiger partial charge in [0.1, 0.15) is 0 Å². The first-order chi connectivity index (χ1) is 10.6. The van der Waals surface area contributed by atoms with Gasteiger partial charge in [0.05, 0.1) is 22.7 Å². The minimum absolute atomic E-state index is 0.182. The first-order valence-corrected chi connectivity index (χ1v) is 6.73. The van der Waals surface area contributed by atoms with Crippen LogP contribution in [0.4, 0.5) is 4.39 Å². The molecule has 0 aliphatic carbocycles. The van der Waals surface area contributed by atoms with Crippen LogP contribution >= 0.6 is 0 Å². The van der Waals surface area contributed by atoms with E-state index in [4.69, 9.17) is 0 Å². The topological polar surface area (TPSA) is 63.6 Å². The van der Waals surface area contributed by atoms with Gasteiger partial charge in [-0.2, -0.15) is 4.39 Å². The Labute approximate surface area is 124 Å². The van der Waals surface area contributed by atoms with Crippen molar-refractivity contribution in [3.05, 3.63) is 59.2 Å². The highest BCUT2D eigenvalue weighted by Gasteiger charge is 2.09. The monoisotopic (exact) mass is 294 g/mol. The summed E-state index contributed by atoms with van der Waals surface area (Å²) in [5.41, 5.74) is 3.78. The number of pyridine rings is 2. The highest BCUT2D eigenvalue weighted by atomic mass is 19.1. The largest absolute Gasteiger partial charge is 0.326 e. The number of halogens is 1. The number of aromatic amines is 1. The van der Waals surface area contributed by atoms with Crippen molar-refractivity contribution in [3.8, 4) is 11.1 Å². The van der Waals surface area contributed by atoms with E-state index < -0.39 is 5.95 Å². The maximum Gasteiger partial charge on any atom is 0.326 e. The third-order valence-corrected chi connectivity index (χ3v) is 3.81. The van der Waals surface area contributed by atoms with Crippen LogP contribution in [0.2, 0.25) is 0 Å². The van der Waals surface area contributed by atoms with Crippen LogP contribution in [0.1, 0.15) is 0 Å². The Hall–Kier alpha value is -3.02. The highest BCUT2D eigenvalue weighted by Crippen LogP contribution is 2.26. The van der Waals surface area contributed by atoms with E-state index in [9.17, 15) is 9.18 Å². The lowest BCUT2D eigenvalue weighted by atomic mass is 10.0. The molecule has 1 aromatic carbocycles. The van der Waals surface area contributed by atoms with Gasteiger partial charge >= 0.3 is 5.69 Å². The SMILES string of the molecule is Cn1c(=O)[nH]c2c3cc(-c4ccc(F)nc4)ccc3ncc21. The minimum Gasteiger partial charge on any atom is -0.305 e. The van der Waals surface area contributed by atoms with Crippen molar-refractivity contribution >= 4 is 21.9 Å². The van der Waals surface area contributed by atoms with Crippen molar-refractivity contribution in [1.29, 1.82) is 0 Å². The summed E-state index contributed by atoms with van der Waals surface area (Å²) >= 11 is 0. The zero-order valence-corrected chi connectivity index (χ0v) is 11.7. The van der Waals surface area contributed by atoms with E-state index in [-0.39, 0.29) is 5.69 Å². The maximum absolute atomic E-state index is 12.9. The molecular formula is C16H11FN4O. The maximum atomic E-state index is 12.9. The van der Waals surface area contributed by atoms with Gasteiger partial charge in [0, 0.05) is 24.2 Å². The normalized spacial score (nSPS) is 11.4. The molecule has 108 valence electrons. The molecule has 0 atom stereocenters. The van der Waals surface area contributed by atoms with Gasteiger partial charge in [-0.3, -0.25) is 9.55 Å². The van der Waals surface area contributed by atoms with Gasteiger partial charge in [0.25, 0.3) is 0 Å². The van der Waals surface area contributed by atoms with Gasteiger partial charge in [-0.1, -0.05) is 6.07 Å². The summed E-state index contributed by atoms with van der Waals surface area (Å²) in [6.45, 7) is 0. The first-order valence-electron chi connectivity index (χ1n) is 6.73. The lowest BCUT2D eigenvalue weighted by Crippen LogP contribution is -2.11. The fourth-order valence-electron chi connectivity index (χ4n) is 2.59. The Morgan fingerprint density at radius 3 is 2.68 bits per heavy atom. The molecule has 0 aliphatic heterocycles. The fraction of sp³-hybridized carbons (Fsp3) is 0.0625. The predicted octanol–water partition coefficient (Wildman–Crippen LogP) is 2.62. The van der Waals surface area contributed by atoms with Gasteiger partial charge in [0.15, 0.2) is 0 Å². The fourth-order valence-corrected chi connectivity index (χ4v) is 2.59. The third kappa shape index (κ3) is 1.81. The second kappa shape index (κ2) is 4.49. The van der Waals surface area contributed by atoms with Crippen molar-refractivity contribution in [2.24, 2.45) is 7.05 Å². The molecule has 0 aliphatic rings. The smallest absolute Gasteiger partial charge is 0.305 e. The van der Waals surface area contributed by atoms with Crippen LogP contribution in [0.3, 0.4) is 0 Å². The van der Waals surface area contributed by atoms with Gasteiger partial charge in [0.2, 0.25) is 5.95 Å². The summed E-state index contributed by atoms with van der Waals surface area (Å²) < 4.78 is 14.5. The zero-order chi connectivity index (χ0) is 15.3. The molecular weight excluding hydrogens is 283 g/mol. The Morgan fingerprint density at radius 1 is 1.09 bits per heavy atom. The number of imidazole rings is 1. The highest BCUT2D eigenvalue weighted by molar-refractivity contribution is 6.03. The summed E-state index contributed by atoms with van der Waals surface area (Å²) in [6.07, 6.45) is 3.16. The van der Waals surface area contributed by atoms with E-state index in [1.165, 1.54) is 16.8 Å². The summed E-state index contributed by atoms with van der Waals surface area (Å²) in [5.74, 6) is -0.513.